The first-order valence-electron chi connectivity index (χ1n) is 8.99. The average Bonchev–Trinajstić information content (AvgIpc) is 3.28. The van der Waals surface area contributed by atoms with Gasteiger partial charge < -0.3 is 9.88 Å². The van der Waals surface area contributed by atoms with Crippen LogP contribution in [0, 0.1) is 6.92 Å². The van der Waals surface area contributed by atoms with Crippen molar-refractivity contribution in [1.82, 2.24) is 25.3 Å². The molecule has 0 bridgehead atoms. The standard InChI is InChI=1S/C18H19F2N5O3/c1-9-13(10(2)26)11-4-3-5-25(11)14(9)15(27)16(28)22-17(7-18(19,20)8-17)12-6-21-24-23-12/h6H,3-5,7-8H2,1-2H3,(H,22,28)(H,21,23,24). The van der Waals surface area contributed by atoms with E-state index in [0.29, 0.717) is 24.1 Å². The third-order valence-corrected chi connectivity index (χ3v) is 5.56. The van der Waals surface area contributed by atoms with Crippen molar-refractivity contribution in [2.45, 2.75) is 57.5 Å². The van der Waals surface area contributed by atoms with Gasteiger partial charge in [0.25, 0.3) is 17.6 Å². The molecule has 0 saturated heterocycles. The average molecular weight is 391 g/mol. The monoisotopic (exact) mass is 391 g/mol. The summed E-state index contributed by atoms with van der Waals surface area (Å²) < 4.78 is 28.9. The van der Waals surface area contributed by atoms with Gasteiger partial charge in [0.1, 0.15) is 5.69 Å². The zero-order chi connectivity index (χ0) is 20.3. The Kier molecular flexibility index (Phi) is 3.98. The van der Waals surface area contributed by atoms with Gasteiger partial charge >= 0.3 is 0 Å². The number of aromatic nitrogens is 4. The number of hydrogen-bond donors (Lipinski definition) is 2. The van der Waals surface area contributed by atoms with Crippen LogP contribution >= 0.6 is 0 Å². The SMILES string of the molecule is CC(=O)c1c(C)c(C(=O)C(=O)NC2(c3cn[nH]n3)CC(F)(F)C2)n2c1CCC2. The summed E-state index contributed by atoms with van der Waals surface area (Å²) >= 11 is 0. The molecule has 1 aliphatic carbocycles. The van der Waals surface area contributed by atoms with E-state index in [4.69, 9.17) is 0 Å². The zero-order valence-electron chi connectivity index (χ0n) is 15.4. The number of carbonyl (C=O) groups is 3. The number of rotatable bonds is 5. The summed E-state index contributed by atoms with van der Waals surface area (Å²) in [5, 5.41) is 12.2. The minimum atomic E-state index is -2.96. The number of nitrogens with zero attached hydrogens (tertiary/aromatic N) is 3. The molecule has 0 atom stereocenters. The summed E-state index contributed by atoms with van der Waals surface area (Å²) in [5.74, 6) is -4.96. The maximum absolute atomic E-state index is 13.6. The predicted octanol–water partition coefficient (Wildman–Crippen LogP) is 1.69. The van der Waals surface area contributed by atoms with Crippen LogP contribution in [0.25, 0.3) is 0 Å². The maximum atomic E-state index is 13.6. The molecule has 3 heterocycles. The maximum Gasteiger partial charge on any atom is 0.294 e. The first kappa shape index (κ1) is 18.5. The van der Waals surface area contributed by atoms with Crippen molar-refractivity contribution in [1.29, 1.82) is 0 Å². The second-order valence-corrected chi connectivity index (χ2v) is 7.54. The van der Waals surface area contributed by atoms with Gasteiger partial charge in [-0.1, -0.05) is 0 Å². The lowest BCUT2D eigenvalue weighted by Gasteiger charge is -2.46. The molecular weight excluding hydrogens is 372 g/mol. The van der Waals surface area contributed by atoms with Crippen LogP contribution in [0.15, 0.2) is 6.20 Å². The molecule has 0 spiro atoms. The van der Waals surface area contributed by atoms with Gasteiger partial charge in [-0.2, -0.15) is 15.4 Å². The minimum Gasteiger partial charge on any atom is -0.341 e. The zero-order valence-corrected chi connectivity index (χ0v) is 15.4. The number of nitrogens with one attached hydrogen (secondary N) is 2. The number of H-pyrrole nitrogens is 1. The fraction of sp³-hybridized carbons (Fsp3) is 0.500. The van der Waals surface area contributed by atoms with Crippen LogP contribution in [-0.4, -0.2) is 43.4 Å². The Bertz CT molecular complexity index is 986. The topological polar surface area (TPSA) is 110 Å². The van der Waals surface area contributed by atoms with Gasteiger partial charge in [-0.3, -0.25) is 14.4 Å². The Morgan fingerprint density at radius 3 is 2.57 bits per heavy atom. The Morgan fingerprint density at radius 1 is 1.29 bits per heavy atom. The molecule has 1 amide bonds. The van der Waals surface area contributed by atoms with Crippen LogP contribution in [0.5, 0.6) is 0 Å². The second kappa shape index (κ2) is 6.05. The molecule has 2 aromatic heterocycles. The highest BCUT2D eigenvalue weighted by Crippen LogP contribution is 2.51. The Morgan fingerprint density at radius 2 is 2.00 bits per heavy atom. The van der Waals surface area contributed by atoms with Crippen molar-refractivity contribution in [3.63, 3.8) is 0 Å². The highest BCUT2D eigenvalue weighted by Gasteiger charge is 2.60. The summed E-state index contributed by atoms with van der Waals surface area (Å²) in [6, 6.07) is 0. The molecule has 8 nitrogen and oxygen atoms in total. The molecule has 0 radical (unpaired) electrons. The molecule has 1 saturated carbocycles. The highest BCUT2D eigenvalue weighted by atomic mass is 19.3. The lowest BCUT2D eigenvalue weighted by atomic mass is 9.71. The molecule has 2 aromatic rings. The van der Waals surface area contributed by atoms with Crippen LogP contribution in [-0.2, 0) is 23.3 Å². The van der Waals surface area contributed by atoms with E-state index in [1.54, 1.807) is 11.5 Å². The van der Waals surface area contributed by atoms with Crippen LogP contribution in [0.3, 0.4) is 0 Å². The molecule has 0 aromatic carbocycles. The van der Waals surface area contributed by atoms with Crippen molar-refractivity contribution in [2.24, 2.45) is 0 Å². The summed E-state index contributed by atoms with van der Waals surface area (Å²) in [5.41, 5.74) is 0.535. The van der Waals surface area contributed by atoms with Gasteiger partial charge in [0.2, 0.25) is 0 Å². The highest BCUT2D eigenvalue weighted by molar-refractivity contribution is 6.43. The van der Waals surface area contributed by atoms with Crippen LogP contribution in [0.2, 0.25) is 0 Å². The van der Waals surface area contributed by atoms with Crippen molar-refractivity contribution < 1.29 is 23.2 Å². The normalized spacial score (nSPS) is 19.0. The number of hydrogen-bond acceptors (Lipinski definition) is 5. The molecular formula is C18H19F2N5O3. The van der Waals surface area contributed by atoms with Crippen molar-refractivity contribution >= 4 is 17.5 Å². The predicted molar refractivity (Wildman–Crippen MR) is 92.2 cm³/mol. The lowest BCUT2D eigenvalue weighted by Crippen LogP contribution is -2.61. The fourth-order valence-electron chi connectivity index (χ4n) is 4.46. The molecule has 28 heavy (non-hydrogen) atoms. The summed E-state index contributed by atoms with van der Waals surface area (Å²) in [6.45, 7) is 3.59. The molecule has 1 fully saturated rings. The Labute approximate surface area is 158 Å². The van der Waals surface area contributed by atoms with Gasteiger partial charge in [0.05, 0.1) is 17.4 Å². The number of ketones is 2. The molecule has 1 aliphatic heterocycles. The summed E-state index contributed by atoms with van der Waals surface area (Å²) in [4.78, 5) is 37.7. The number of amides is 1. The van der Waals surface area contributed by atoms with E-state index in [0.717, 1.165) is 12.1 Å². The summed E-state index contributed by atoms with van der Waals surface area (Å²) in [7, 11) is 0. The minimum absolute atomic E-state index is 0.150. The molecule has 2 N–H and O–H groups in total. The number of fused-ring (bicyclic) bond motifs is 1. The van der Waals surface area contributed by atoms with Crippen LogP contribution < -0.4 is 5.32 Å². The van der Waals surface area contributed by atoms with Gasteiger partial charge in [0.15, 0.2) is 5.78 Å². The fourth-order valence-corrected chi connectivity index (χ4v) is 4.46. The Balaban J connectivity index is 1.66. The van der Waals surface area contributed by atoms with E-state index in [2.05, 4.69) is 20.7 Å². The number of carbonyl (C=O) groups excluding carboxylic acids is 3. The molecule has 2 aliphatic rings. The third-order valence-electron chi connectivity index (χ3n) is 5.56. The third kappa shape index (κ3) is 2.66. The van der Waals surface area contributed by atoms with E-state index < -0.39 is 36.0 Å². The van der Waals surface area contributed by atoms with Crippen LogP contribution in [0.1, 0.15) is 64.0 Å². The number of alkyl halides is 2. The summed E-state index contributed by atoms with van der Waals surface area (Å²) in [6.07, 6.45) is 1.37. The smallest absolute Gasteiger partial charge is 0.294 e. The van der Waals surface area contributed by atoms with Crippen molar-refractivity contribution in [3.05, 3.63) is 34.4 Å². The van der Waals surface area contributed by atoms with E-state index in [1.165, 1.54) is 13.1 Å². The largest absolute Gasteiger partial charge is 0.341 e. The number of halogens is 2. The number of aromatic amines is 1. The number of Topliss-reactive ketones (excluding diaryl/α,β-unsaturated/α-hetero) is 2. The van der Waals surface area contributed by atoms with Gasteiger partial charge in [0, 0.05) is 30.6 Å². The first-order chi connectivity index (χ1) is 13.2. The molecule has 0 unspecified atom stereocenters. The first-order valence-corrected chi connectivity index (χ1v) is 8.99. The second-order valence-electron chi connectivity index (χ2n) is 7.54. The molecule has 4 rings (SSSR count). The lowest BCUT2D eigenvalue weighted by molar-refractivity contribution is -0.148. The van der Waals surface area contributed by atoms with E-state index in [1.807, 2.05) is 0 Å². The van der Waals surface area contributed by atoms with Crippen LogP contribution in [0.4, 0.5) is 8.78 Å². The quantitative estimate of drug-likeness (QED) is 0.595. The van der Waals surface area contributed by atoms with Gasteiger partial charge in [-0.15, -0.1) is 0 Å². The van der Waals surface area contributed by atoms with E-state index in [9.17, 15) is 23.2 Å². The van der Waals surface area contributed by atoms with Crippen molar-refractivity contribution in [2.75, 3.05) is 0 Å². The van der Waals surface area contributed by atoms with Crippen molar-refractivity contribution in [3.8, 4) is 0 Å². The van der Waals surface area contributed by atoms with E-state index in [-0.39, 0.29) is 17.2 Å². The van der Waals surface area contributed by atoms with Gasteiger partial charge in [-0.25, -0.2) is 8.78 Å². The molecule has 10 heteroatoms. The Hall–Kier alpha value is -2.91. The molecule has 148 valence electrons. The van der Waals surface area contributed by atoms with Gasteiger partial charge in [-0.05, 0) is 32.3 Å². The van der Waals surface area contributed by atoms with E-state index >= 15 is 0 Å².